The molecule has 0 aliphatic heterocycles. The van der Waals surface area contributed by atoms with E-state index in [0.717, 1.165) is 9.87 Å². The number of sulfonamides is 1. The SMILES string of the molecule is COc1ccc(C)cc1N(CC(=O)NN)S(=O)(=O)c1ccccc1. The highest BCUT2D eigenvalue weighted by Crippen LogP contribution is 2.33. The minimum atomic E-state index is -3.97. The topological polar surface area (TPSA) is 102 Å². The van der Waals surface area contributed by atoms with Crippen molar-refractivity contribution in [3.8, 4) is 5.75 Å². The number of amides is 1. The lowest BCUT2D eigenvalue weighted by Crippen LogP contribution is -2.43. The molecule has 0 aromatic heterocycles. The van der Waals surface area contributed by atoms with Crippen molar-refractivity contribution in [2.45, 2.75) is 11.8 Å². The van der Waals surface area contributed by atoms with Crippen molar-refractivity contribution in [3.05, 3.63) is 54.1 Å². The number of nitrogens with zero attached hydrogens (tertiary/aromatic N) is 1. The number of nitrogens with one attached hydrogen (secondary N) is 1. The molecule has 0 unspecified atom stereocenters. The fourth-order valence-electron chi connectivity index (χ4n) is 2.19. The average molecular weight is 349 g/mol. The molecule has 0 heterocycles. The molecule has 0 saturated carbocycles. The number of carbonyl (C=O) groups is 1. The van der Waals surface area contributed by atoms with Crippen molar-refractivity contribution >= 4 is 21.6 Å². The van der Waals surface area contributed by atoms with E-state index in [0.29, 0.717) is 5.75 Å². The number of methoxy groups -OCH3 is 1. The summed E-state index contributed by atoms with van der Waals surface area (Å²) in [7, 11) is -2.54. The van der Waals surface area contributed by atoms with Crippen LogP contribution in [0.25, 0.3) is 0 Å². The van der Waals surface area contributed by atoms with Gasteiger partial charge in [0, 0.05) is 0 Å². The average Bonchev–Trinajstić information content (AvgIpc) is 2.60. The van der Waals surface area contributed by atoms with Gasteiger partial charge in [-0.2, -0.15) is 0 Å². The lowest BCUT2D eigenvalue weighted by atomic mass is 10.2. The zero-order valence-electron chi connectivity index (χ0n) is 13.4. The molecule has 0 radical (unpaired) electrons. The smallest absolute Gasteiger partial charge is 0.264 e. The zero-order chi connectivity index (χ0) is 17.7. The van der Waals surface area contributed by atoms with E-state index < -0.39 is 22.5 Å². The van der Waals surface area contributed by atoms with Gasteiger partial charge in [0.15, 0.2) is 0 Å². The maximum Gasteiger partial charge on any atom is 0.264 e. The van der Waals surface area contributed by atoms with Gasteiger partial charge in [0.1, 0.15) is 12.3 Å². The van der Waals surface area contributed by atoms with E-state index in [-0.39, 0.29) is 10.6 Å². The van der Waals surface area contributed by atoms with Gasteiger partial charge in [-0.1, -0.05) is 24.3 Å². The largest absolute Gasteiger partial charge is 0.495 e. The number of nitrogens with two attached hydrogens (primary N) is 1. The van der Waals surface area contributed by atoms with Gasteiger partial charge in [-0.3, -0.25) is 14.5 Å². The second kappa shape index (κ2) is 7.33. The van der Waals surface area contributed by atoms with Crippen molar-refractivity contribution in [1.82, 2.24) is 5.43 Å². The minimum absolute atomic E-state index is 0.0679. The number of carbonyl (C=O) groups excluding carboxylic acids is 1. The summed E-state index contributed by atoms with van der Waals surface area (Å²) in [6.45, 7) is 1.35. The summed E-state index contributed by atoms with van der Waals surface area (Å²) >= 11 is 0. The Bertz CT molecular complexity index is 822. The molecule has 2 aromatic carbocycles. The predicted octanol–water partition coefficient (Wildman–Crippen LogP) is 1.19. The first kappa shape index (κ1) is 17.8. The summed E-state index contributed by atoms with van der Waals surface area (Å²) in [5.41, 5.74) is 3.05. The first-order valence-corrected chi connectivity index (χ1v) is 8.56. The van der Waals surface area contributed by atoms with Crippen LogP contribution in [-0.2, 0) is 14.8 Å². The minimum Gasteiger partial charge on any atom is -0.495 e. The fraction of sp³-hybridized carbons (Fsp3) is 0.188. The van der Waals surface area contributed by atoms with Gasteiger partial charge >= 0.3 is 0 Å². The number of hydrogen-bond donors (Lipinski definition) is 2. The number of aryl methyl sites for hydroxylation is 1. The highest BCUT2D eigenvalue weighted by atomic mass is 32.2. The number of anilines is 1. The first-order valence-electron chi connectivity index (χ1n) is 7.12. The summed E-state index contributed by atoms with van der Waals surface area (Å²) in [5, 5.41) is 0. The normalized spacial score (nSPS) is 11.0. The van der Waals surface area contributed by atoms with Crippen LogP contribution in [0.2, 0.25) is 0 Å². The molecule has 8 heteroatoms. The third kappa shape index (κ3) is 3.66. The summed E-state index contributed by atoms with van der Waals surface area (Å²) in [6.07, 6.45) is 0. The van der Waals surface area contributed by atoms with Crippen molar-refractivity contribution in [2.75, 3.05) is 18.0 Å². The van der Waals surface area contributed by atoms with Crippen LogP contribution in [0, 0.1) is 6.92 Å². The standard InChI is InChI=1S/C16H19N3O4S/c1-12-8-9-15(23-2)14(10-12)19(11-16(20)18-17)24(21,22)13-6-4-3-5-7-13/h3-10H,11,17H2,1-2H3,(H,18,20). The Labute approximate surface area is 141 Å². The van der Waals surface area contributed by atoms with E-state index in [2.05, 4.69) is 0 Å². The molecular weight excluding hydrogens is 330 g/mol. The van der Waals surface area contributed by atoms with Crippen LogP contribution in [-0.4, -0.2) is 28.0 Å². The van der Waals surface area contributed by atoms with E-state index >= 15 is 0 Å². The molecule has 24 heavy (non-hydrogen) atoms. The molecule has 0 saturated heterocycles. The van der Waals surface area contributed by atoms with Crippen molar-refractivity contribution in [3.63, 3.8) is 0 Å². The van der Waals surface area contributed by atoms with Crippen molar-refractivity contribution < 1.29 is 17.9 Å². The van der Waals surface area contributed by atoms with Gasteiger partial charge in [0.2, 0.25) is 0 Å². The lowest BCUT2D eigenvalue weighted by Gasteiger charge is -2.25. The van der Waals surface area contributed by atoms with Crippen molar-refractivity contribution in [1.29, 1.82) is 0 Å². The maximum absolute atomic E-state index is 13.0. The number of hydrazine groups is 1. The molecular formula is C16H19N3O4S. The predicted molar refractivity (Wildman–Crippen MR) is 91.0 cm³/mol. The Morgan fingerprint density at radius 3 is 2.46 bits per heavy atom. The second-order valence-corrected chi connectivity index (χ2v) is 6.93. The Balaban J connectivity index is 2.62. The van der Waals surface area contributed by atoms with Gasteiger partial charge in [0.05, 0.1) is 17.7 Å². The molecule has 0 bridgehead atoms. The molecule has 0 atom stereocenters. The van der Waals surface area contributed by atoms with Gasteiger partial charge < -0.3 is 4.74 Å². The van der Waals surface area contributed by atoms with Gasteiger partial charge in [-0.05, 0) is 36.8 Å². The summed E-state index contributed by atoms with van der Waals surface area (Å²) in [4.78, 5) is 11.8. The molecule has 0 aliphatic carbocycles. The van der Waals surface area contributed by atoms with Gasteiger partial charge in [-0.25, -0.2) is 14.3 Å². The molecule has 0 fully saturated rings. The molecule has 7 nitrogen and oxygen atoms in total. The maximum atomic E-state index is 13.0. The molecule has 0 aliphatic rings. The summed E-state index contributed by atoms with van der Waals surface area (Å²) in [5.74, 6) is 4.83. The first-order chi connectivity index (χ1) is 11.4. The Morgan fingerprint density at radius 2 is 1.88 bits per heavy atom. The van der Waals surface area contributed by atoms with E-state index in [1.54, 1.807) is 36.4 Å². The number of hydrogen-bond acceptors (Lipinski definition) is 5. The third-order valence-electron chi connectivity index (χ3n) is 3.38. The van der Waals surface area contributed by atoms with Crippen LogP contribution in [0.4, 0.5) is 5.69 Å². The Hall–Kier alpha value is -2.58. The molecule has 2 aromatic rings. The van der Waals surface area contributed by atoms with Crippen LogP contribution in [0.5, 0.6) is 5.75 Å². The number of ether oxygens (including phenoxy) is 1. The van der Waals surface area contributed by atoms with Gasteiger partial charge in [0.25, 0.3) is 15.9 Å². The van der Waals surface area contributed by atoms with Crippen LogP contribution in [0.3, 0.4) is 0 Å². The Kier molecular flexibility index (Phi) is 5.42. The molecule has 3 N–H and O–H groups in total. The quantitative estimate of drug-likeness (QED) is 0.463. The van der Waals surface area contributed by atoms with Crippen LogP contribution in [0.1, 0.15) is 5.56 Å². The molecule has 1 amide bonds. The third-order valence-corrected chi connectivity index (χ3v) is 5.16. The van der Waals surface area contributed by atoms with Gasteiger partial charge in [-0.15, -0.1) is 0 Å². The zero-order valence-corrected chi connectivity index (χ0v) is 14.2. The van der Waals surface area contributed by atoms with Crippen molar-refractivity contribution in [2.24, 2.45) is 5.84 Å². The monoisotopic (exact) mass is 349 g/mol. The van der Waals surface area contributed by atoms with Crippen LogP contribution < -0.4 is 20.3 Å². The number of benzene rings is 2. The van der Waals surface area contributed by atoms with E-state index in [1.165, 1.54) is 19.2 Å². The highest BCUT2D eigenvalue weighted by Gasteiger charge is 2.29. The van der Waals surface area contributed by atoms with E-state index in [9.17, 15) is 13.2 Å². The fourth-order valence-corrected chi connectivity index (χ4v) is 3.63. The van der Waals surface area contributed by atoms with E-state index in [1.807, 2.05) is 12.3 Å². The second-order valence-electron chi connectivity index (χ2n) is 5.07. The van der Waals surface area contributed by atoms with Crippen LogP contribution in [0.15, 0.2) is 53.4 Å². The molecule has 2 rings (SSSR count). The molecule has 0 spiro atoms. The summed E-state index contributed by atoms with van der Waals surface area (Å²) < 4.78 is 32.3. The van der Waals surface area contributed by atoms with Crippen LogP contribution >= 0.6 is 0 Å². The lowest BCUT2D eigenvalue weighted by molar-refractivity contribution is -0.119. The highest BCUT2D eigenvalue weighted by molar-refractivity contribution is 7.92. The Morgan fingerprint density at radius 1 is 1.21 bits per heavy atom. The molecule has 128 valence electrons. The van der Waals surface area contributed by atoms with E-state index in [4.69, 9.17) is 10.6 Å². The summed E-state index contributed by atoms with van der Waals surface area (Å²) in [6, 6.07) is 12.9. The number of rotatable bonds is 6.